The standard InChI is InChI=1S/C14H18N4O/c1-10(13-15-7-8-16-13)17-14(19)12-6-3-9-18(12)11-4-2-5-11/h3,6-11H,2,4-5H2,1H3,(H,15,16)(H,17,19). The summed E-state index contributed by atoms with van der Waals surface area (Å²) in [6.45, 7) is 1.92. The van der Waals surface area contributed by atoms with Gasteiger partial charge >= 0.3 is 0 Å². The molecular formula is C14H18N4O. The number of imidazole rings is 1. The van der Waals surface area contributed by atoms with Gasteiger partial charge in [0.05, 0.1) is 6.04 Å². The van der Waals surface area contributed by atoms with Crippen LogP contribution in [0.1, 0.15) is 54.6 Å². The number of nitrogens with one attached hydrogen (secondary N) is 2. The number of rotatable bonds is 4. The van der Waals surface area contributed by atoms with E-state index in [1.165, 1.54) is 19.3 Å². The summed E-state index contributed by atoms with van der Waals surface area (Å²) in [5, 5.41) is 2.97. The first-order chi connectivity index (χ1) is 9.25. The Morgan fingerprint density at radius 1 is 1.58 bits per heavy atom. The van der Waals surface area contributed by atoms with Gasteiger partial charge in [0.2, 0.25) is 0 Å². The Morgan fingerprint density at radius 2 is 2.42 bits per heavy atom. The fourth-order valence-corrected chi connectivity index (χ4v) is 2.42. The third-order valence-electron chi connectivity index (χ3n) is 3.76. The van der Waals surface area contributed by atoms with Crippen LogP contribution in [0.2, 0.25) is 0 Å². The summed E-state index contributed by atoms with van der Waals surface area (Å²) in [6.07, 6.45) is 9.04. The van der Waals surface area contributed by atoms with Gasteiger partial charge in [0.1, 0.15) is 11.5 Å². The molecule has 0 bridgehead atoms. The molecule has 2 heterocycles. The molecule has 2 N–H and O–H groups in total. The van der Waals surface area contributed by atoms with Gasteiger partial charge in [0.25, 0.3) is 5.91 Å². The molecule has 0 saturated heterocycles. The second-order valence-corrected chi connectivity index (χ2v) is 5.05. The molecule has 1 saturated carbocycles. The topological polar surface area (TPSA) is 62.7 Å². The van der Waals surface area contributed by atoms with Crippen molar-refractivity contribution in [2.24, 2.45) is 0 Å². The van der Waals surface area contributed by atoms with E-state index < -0.39 is 0 Å². The summed E-state index contributed by atoms with van der Waals surface area (Å²) >= 11 is 0. The summed E-state index contributed by atoms with van der Waals surface area (Å²) in [4.78, 5) is 19.5. The van der Waals surface area contributed by atoms with Gasteiger partial charge in [-0.25, -0.2) is 4.98 Å². The molecule has 100 valence electrons. The number of carbonyl (C=O) groups is 1. The molecule has 5 nitrogen and oxygen atoms in total. The molecule has 1 unspecified atom stereocenters. The predicted molar refractivity (Wildman–Crippen MR) is 71.8 cm³/mol. The molecule has 0 aliphatic heterocycles. The van der Waals surface area contributed by atoms with E-state index in [-0.39, 0.29) is 11.9 Å². The Hall–Kier alpha value is -2.04. The number of amides is 1. The van der Waals surface area contributed by atoms with Crippen molar-refractivity contribution in [3.05, 3.63) is 42.2 Å². The number of aromatic amines is 1. The highest BCUT2D eigenvalue weighted by molar-refractivity contribution is 5.93. The van der Waals surface area contributed by atoms with Crippen LogP contribution in [0, 0.1) is 0 Å². The Bertz CT molecular complexity index is 554. The lowest BCUT2D eigenvalue weighted by atomic mass is 9.93. The average Bonchev–Trinajstić information content (AvgIpc) is 2.97. The predicted octanol–water partition coefficient (Wildman–Crippen LogP) is 2.43. The van der Waals surface area contributed by atoms with Crippen LogP contribution in [-0.2, 0) is 0 Å². The van der Waals surface area contributed by atoms with Crippen molar-refractivity contribution < 1.29 is 4.79 Å². The Kier molecular flexibility index (Phi) is 3.11. The minimum atomic E-state index is -0.118. The van der Waals surface area contributed by atoms with Gasteiger partial charge in [0.15, 0.2) is 0 Å². The lowest BCUT2D eigenvalue weighted by molar-refractivity contribution is 0.0923. The van der Waals surface area contributed by atoms with Crippen LogP contribution < -0.4 is 5.32 Å². The third kappa shape index (κ3) is 2.28. The van der Waals surface area contributed by atoms with E-state index in [0.29, 0.717) is 6.04 Å². The maximum atomic E-state index is 12.3. The molecule has 0 aromatic carbocycles. The van der Waals surface area contributed by atoms with E-state index in [4.69, 9.17) is 0 Å². The normalized spacial score (nSPS) is 16.9. The van der Waals surface area contributed by atoms with Gasteiger partial charge in [0, 0.05) is 24.6 Å². The van der Waals surface area contributed by atoms with E-state index in [1.807, 2.05) is 25.3 Å². The number of carbonyl (C=O) groups excluding carboxylic acids is 1. The smallest absolute Gasteiger partial charge is 0.268 e. The first-order valence-corrected chi connectivity index (χ1v) is 6.72. The molecule has 0 radical (unpaired) electrons. The van der Waals surface area contributed by atoms with Crippen LogP contribution >= 0.6 is 0 Å². The van der Waals surface area contributed by atoms with Crippen molar-refractivity contribution in [2.45, 2.75) is 38.3 Å². The molecule has 3 rings (SSSR count). The number of hydrogen-bond acceptors (Lipinski definition) is 2. The minimum Gasteiger partial charge on any atom is -0.347 e. The molecular weight excluding hydrogens is 240 g/mol. The number of aromatic nitrogens is 3. The van der Waals surface area contributed by atoms with Gasteiger partial charge in [-0.05, 0) is 38.3 Å². The fourth-order valence-electron chi connectivity index (χ4n) is 2.42. The minimum absolute atomic E-state index is 0.0409. The van der Waals surface area contributed by atoms with E-state index in [0.717, 1.165) is 11.5 Å². The van der Waals surface area contributed by atoms with Crippen molar-refractivity contribution in [1.29, 1.82) is 0 Å². The Labute approximate surface area is 112 Å². The van der Waals surface area contributed by atoms with Gasteiger partial charge in [-0.1, -0.05) is 0 Å². The Morgan fingerprint density at radius 3 is 3.05 bits per heavy atom. The van der Waals surface area contributed by atoms with Crippen molar-refractivity contribution in [3.63, 3.8) is 0 Å². The van der Waals surface area contributed by atoms with Crippen LogP contribution in [0.4, 0.5) is 0 Å². The Balaban J connectivity index is 1.72. The summed E-state index contributed by atoms with van der Waals surface area (Å²) in [7, 11) is 0. The zero-order valence-electron chi connectivity index (χ0n) is 11.0. The van der Waals surface area contributed by atoms with E-state index in [2.05, 4.69) is 19.9 Å². The van der Waals surface area contributed by atoms with Crippen LogP contribution in [0.5, 0.6) is 0 Å². The van der Waals surface area contributed by atoms with Gasteiger partial charge < -0.3 is 14.9 Å². The van der Waals surface area contributed by atoms with Crippen molar-refractivity contribution >= 4 is 5.91 Å². The second-order valence-electron chi connectivity index (χ2n) is 5.05. The van der Waals surface area contributed by atoms with E-state index in [1.54, 1.807) is 12.4 Å². The highest BCUT2D eigenvalue weighted by atomic mass is 16.2. The monoisotopic (exact) mass is 258 g/mol. The molecule has 1 fully saturated rings. The molecule has 1 aliphatic rings. The third-order valence-corrected chi connectivity index (χ3v) is 3.76. The summed E-state index contributed by atoms with van der Waals surface area (Å²) < 4.78 is 2.09. The van der Waals surface area contributed by atoms with E-state index in [9.17, 15) is 4.79 Å². The number of hydrogen-bond donors (Lipinski definition) is 2. The van der Waals surface area contributed by atoms with Crippen LogP contribution in [-0.4, -0.2) is 20.4 Å². The highest BCUT2D eigenvalue weighted by Gasteiger charge is 2.24. The molecule has 5 heteroatoms. The van der Waals surface area contributed by atoms with Crippen molar-refractivity contribution in [3.8, 4) is 0 Å². The maximum absolute atomic E-state index is 12.3. The first-order valence-electron chi connectivity index (χ1n) is 6.72. The zero-order valence-corrected chi connectivity index (χ0v) is 11.0. The quantitative estimate of drug-likeness (QED) is 0.884. The van der Waals surface area contributed by atoms with Crippen LogP contribution in [0.25, 0.3) is 0 Å². The number of nitrogens with zero attached hydrogens (tertiary/aromatic N) is 2. The summed E-state index contributed by atoms with van der Waals surface area (Å²) in [6, 6.07) is 4.19. The summed E-state index contributed by atoms with van der Waals surface area (Å²) in [5.74, 6) is 0.732. The molecule has 0 spiro atoms. The summed E-state index contributed by atoms with van der Waals surface area (Å²) in [5.41, 5.74) is 0.739. The van der Waals surface area contributed by atoms with Crippen molar-refractivity contribution in [2.75, 3.05) is 0 Å². The number of H-pyrrole nitrogens is 1. The fraction of sp³-hybridized carbons (Fsp3) is 0.429. The lowest BCUT2D eigenvalue weighted by Crippen LogP contribution is -2.31. The first kappa shape index (κ1) is 12.0. The molecule has 2 aromatic heterocycles. The lowest BCUT2D eigenvalue weighted by Gasteiger charge is -2.29. The maximum Gasteiger partial charge on any atom is 0.268 e. The van der Waals surface area contributed by atoms with Crippen LogP contribution in [0.3, 0.4) is 0 Å². The van der Waals surface area contributed by atoms with E-state index >= 15 is 0 Å². The largest absolute Gasteiger partial charge is 0.347 e. The van der Waals surface area contributed by atoms with Gasteiger partial charge in [-0.15, -0.1) is 0 Å². The van der Waals surface area contributed by atoms with Gasteiger partial charge in [-0.2, -0.15) is 0 Å². The molecule has 1 atom stereocenters. The van der Waals surface area contributed by atoms with Crippen molar-refractivity contribution in [1.82, 2.24) is 19.9 Å². The molecule has 2 aromatic rings. The molecule has 1 aliphatic carbocycles. The average molecular weight is 258 g/mol. The SMILES string of the molecule is CC(NC(=O)c1cccn1C1CCC1)c1ncc[nH]1. The van der Waals surface area contributed by atoms with Gasteiger partial charge in [-0.3, -0.25) is 4.79 Å². The zero-order chi connectivity index (χ0) is 13.2. The second kappa shape index (κ2) is 4.91. The molecule has 1 amide bonds. The van der Waals surface area contributed by atoms with Crippen LogP contribution in [0.15, 0.2) is 30.7 Å². The molecule has 19 heavy (non-hydrogen) atoms. The highest BCUT2D eigenvalue weighted by Crippen LogP contribution is 2.32.